The highest BCUT2D eigenvalue weighted by molar-refractivity contribution is 6.30. The normalized spacial score (nSPS) is 20.6. The van der Waals surface area contributed by atoms with Gasteiger partial charge in [-0.15, -0.1) is 0 Å². The Morgan fingerprint density at radius 3 is 2.34 bits per heavy atom. The second kappa shape index (κ2) is 9.59. The molecule has 0 unspecified atom stereocenters. The van der Waals surface area contributed by atoms with Gasteiger partial charge in [0, 0.05) is 41.9 Å². The average molecular weight is 450 g/mol. The van der Waals surface area contributed by atoms with Crippen LogP contribution >= 0.6 is 11.6 Å². The molecule has 0 radical (unpaired) electrons. The van der Waals surface area contributed by atoms with Crippen LogP contribution in [0.25, 0.3) is 11.6 Å². The van der Waals surface area contributed by atoms with Crippen molar-refractivity contribution >= 4 is 28.9 Å². The molecule has 2 heterocycles. The molecule has 2 aromatic carbocycles. The van der Waals surface area contributed by atoms with Gasteiger partial charge in [0.05, 0.1) is 0 Å². The Hall–Kier alpha value is -1.81. The van der Waals surface area contributed by atoms with Crippen LogP contribution in [0.15, 0.2) is 42.5 Å². The summed E-state index contributed by atoms with van der Waals surface area (Å²) < 4.78 is 0. The van der Waals surface area contributed by atoms with Crippen LogP contribution in [-0.4, -0.2) is 49.2 Å². The molecule has 2 fully saturated rings. The SMILES string of the molecule is CC(C)N1CCC(NC2CCN(c3cccc(C4=Cc5cc(Cl)ccc5C4)c3)CC2)CC1. The first-order valence-electron chi connectivity index (χ1n) is 12.4. The Bertz CT molecular complexity index is 966. The largest absolute Gasteiger partial charge is 0.371 e. The number of benzene rings is 2. The molecule has 0 amide bonds. The van der Waals surface area contributed by atoms with Crippen LogP contribution in [-0.2, 0) is 6.42 Å². The molecule has 2 aliphatic heterocycles. The Balaban J connectivity index is 1.16. The van der Waals surface area contributed by atoms with Crippen LogP contribution < -0.4 is 10.2 Å². The van der Waals surface area contributed by atoms with Gasteiger partial charge in [-0.25, -0.2) is 0 Å². The summed E-state index contributed by atoms with van der Waals surface area (Å²) in [6.45, 7) is 9.40. The van der Waals surface area contributed by atoms with E-state index in [0.29, 0.717) is 18.1 Å². The van der Waals surface area contributed by atoms with Crippen molar-refractivity contribution in [2.75, 3.05) is 31.1 Å². The zero-order valence-corrected chi connectivity index (χ0v) is 20.2. The highest BCUT2D eigenvalue weighted by atomic mass is 35.5. The molecule has 1 N–H and O–H groups in total. The summed E-state index contributed by atoms with van der Waals surface area (Å²) in [5, 5.41) is 4.80. The number of hydrogen-bond donors (Lipinski definition) is 1. The highest BCUT2D eigenvalue weighted by Crippen LogP contribution is 2.34. The van der Waals surface area contributed by atoms with Crippen LogP contribution in [0.4, 0.5) is 5.69 Å². The van der Waals surface area contributed by atoms with Crippen molar-refractivity contribution in [3.8, 4) is 0 Å². The Morgan fingerprint density at radius 2 is 1.62 bits per heavy atom. The quantitative estimate of drug-likeness (QED) is 0.615. The fraction of sp³-hybridized carbons (Fsp3) is 0.500. The van der Waals surface area contributed by atoms with E-state index in [2.05, 4.69) is 71.4 Å². The summed E-state index contributed by atoms with van der Waals surface area (Å²) in [7, 11) is 0. The van der Waals surface area contributed by atoms with Gasteiger partial charge in [-0.3, -0.25) is 0 Å². The van der Waals surface area contributed by atoms with E-state index in [1.807, 2.05) is 6.07 Å². The minimum absolute atomic E-state index is 0.668. The maximum Gasteiger partial charge on any atom is 0.0412 e. The van der Waals surface area contributed by atoms with Gasteiger partial charge >= 0.3 is 0 Å². The van der Waals surface area contributed by atoms with Crippen molar-refractivity contribution in [2.45, 2.75) is 64.1 Å². The van der Waals surface area contributed by atoms with Crippen molar-refractivity contribution in [1.82, 2.24) is 10.2 Å². The fourth-order valence-electron chi connectivity index (χ4n) is 5.61. The molecule has 5 rings (SSSR count). The number of nitrogens with zero attached hydrogens (tertiary/aromatic N) is 2. The predicted octanol–water partition coefficient (Wildman–Crippen LogP) is 5.87. The number of allylic oxidation sites excluding steroid dienone is 1. The molecule has 0 saturated carbocycles. The van der Waals surface area contributed by atoms with Gasteiger partial charge in [-0.05, 0) is 106 Å². The number of fused-ring (bicyclic) bond motifs is 1. The van der Waals surface area contributed by atoms with Crippen molar-refractivity contribution in [3.63, 3.8) is 0 Å². The lowest BCUT2D eigenvalue weighted by atomic mass is 9.98. The van der Waals surface area contributed by atoms with Crippen LogP contribution in [0.2, 0.25) is 5.02 Å². The summed E-state index contributed by atoms with van der Waals surface area (Å²) in [5.74, 6) is 0. The van der Waals surface area contributed by atoms with E-state index in [-0.39, 0.29) is 0 Å². The molecular weight excluding hydrogens is 414 g/mol. The molecule has 32 heavy (non-hydrogen) atoms. The number of rotatable bonds is 5. The zero-order valence-electron chi connectivity index (χ0n) is 19.5. The molecule has 0 spiro atoms. The van der Waals surface area contributed by atoms with Crippen LogP contribution in [0.3, 0.4) is 0 Å². The van der Waals surface area contributed by atoms with Gasteiger partial charge in [-0.2, -0.15) is 0 Å². The molecule has 3 aliphatic rings. The number of likely N-dealkylation sites (tertiary alicyclic amines) is 1. The maximum absolute atomic E-state index is 6.19. The maximum atomic E-state index is 6.19. The second-order valence-electron chi connectivity index (χ2n) is 10.1. The standard InChI is InChI=1S/C28H36ClN3/c1-20(2)31-12-8-26(9-13-31)30-27-10-14-32(15-11-27)28-5-3-4-21(19-28)23-16-22-6-7-25(29)18-24(22)17-23/h3-7,17-20,26-27,30H,8-16H2,1-2H3. The van der Waals surface area contributed by atoms with E-state index in [1.54, 1.807) is 0 Å². The summed E-state index contributed by atoms with van der Waals surface area (Å²) in [6.07, 6.45) is 8.37. The number of halogens is 1. The van der Waals surface area contributed by atoms with Crippen LogP contribution in [0.5, 0.6) is 0 Å². The summed E-state index contributed by atoms with van der Waals surface area (Å²) >= 11 is 6.19. The lowest BCUT2D eigenvalue weighted by molar-refractivity contribution is 0.154. The lowest BCUT2D eigenvalue weighted by Gasteiger charge is -2.39. The average Bonchev–Trinajstić information content (AvgIpc) is 3.23. The minimum atomic E-state index is 0.668. The van der Waals surface area contributed by atoms with Gasteiger partial charge in [0.1, 0.15) is 0 Å². The second-order valence-corrected chi connectivity index (χ2v) is 10.5. The molecular formula is C28H36ClN3. The third-order valence-corrected chi connectivity index (χ3v) is 7.86. The third kappa shape index (κ3) is 4.90. The fourth-order valence-corrected chi connectivity index (χ4v) is 5.79. The first-order valence-corrected chi connectivity index (χ1v) is 12.8. The van der Waals surface area contributed by atoms with Crippen molar-refractivity contribution in [1.29, 1.82) is 0 Å². The van der Waals surface area contributed by atoms with Crippen molar-refractivity contribution in [2.24, 2.45) is 0 Å². The lowest BCUT2D eigenvalue weighted by Crippen LogP contribution is -2.50. The van der Waals surface area contributed by atoms with Crippen LogP contribution in [0.1, 0.15) is 56.2 Å². The number of anilines is 1. The van der Waals surface area contributed by atoms with Gasteiger partial charge < -0.3 is 15.1 Å². The molecule has 0 aromatic heterocycles. The summed E-state index contributed by atoms with van der Waals surface area (Å²) in [6, 6.07) is 17.4. The third-order valence-electron chi connectivity index (χ3n) is 7.63. The number of nitrogens with one attached hydrogen (secondary N) is 1. The molecule has 170 valence electrons. The van der Waals surface area contributed by atoms with Gasteiger partial charge in [0.2, 0.25) is 0 Å². The monoisotopic (exact) mass is 449 g/mol. The first-order chi connectivity index (χ1) is 15.5. The Morgan fingerprint density at radius 1 is 0.906 bits per heavy atom. The molecule has 2 saturated heterocycles. The van der Waals surface area contributed by atoms with E-state index in [0.717, 1.165) is 24.5 Å². The smallest absolute Gasteiger partial charge is 0.0412 e. The number of piperidine rings is 2. The van der Waals surface area contributed by atoms with E-state index >= 15 is 0 Å². The zero-order chi connectivity index (χ0) is 22.1. The molecule has 0 bridgehead atoms. The Labute approximate surface area is 198 Å². The van der Waals surface area contributed by atoms with Crippen LogP contribution in [0, 0.1) is 0 Å². The summed E-state index contributed by atoms with van der Waals surface area (Å²) in [4.78, 5) is 5.18. The van der Waals surface area contributed by atoms with Gasteiger partial charge in [0.25, 0.3) is 0 Å². The number of hydrogen-bond acceptors (Lipinski definition) is 3. The summed E-state index contributed by atoms with van der Waals surface area (Å²) in [5.41, 5.74) is 6.74. The highest BCUT2D eigenvalue weighted by Gasteiger charge is 2.26. The Kier molecular flexibility index (Phi) is 6.59. The molecule has 4 heteroatoms. The van der Waals surface area contributed by atoms with Gasteiger partial charge in [0.15, 0.2) is 0 Å². The van der Waals surface area contributed by atoms with E-state index < -0.39 is 0 Å². The molecule has 3 nitrogen and oxygen atoms in total. The first kappa shape index (κ1) is 22.0. The molecule has 0 atom stereocenters. The predicted molar refractivity (Wildman–Crippen MR) is 138 cm³/mol. The van der Waals surface area contributed by atoms with E-state index in [9.17, 15) is 0 Å². The van der Waals surface area contributed by atoms with Crippen molar-refractivity contribution in [3.05, 3.63) is 64.2 Å². The van der Waals surface area contributed by atoms with E-state index in [1.165, 1.54) is 66.7 Å². The van der Waals surface area contributed by atoms with E-state index in [4.69, 9.17) is 11.6 Å². The topological polar surface area (TPSA) is 18.5 Å². The molecule has 1 aliphatic carbocycles. The van der Waals surface area contributed by atoms with Crippen molar-refractivity contribution < 1.29 is 0 Å². The van der Waals surface area contributed by atoms with Gasteiger partial charge in [-0.1, -0.05) is 35.9 Å². The minimum Gasteiger partial charge on any atom is -0.371 e. The molecule has 2 aromatic rings.